The molecule has 0 saturated heterocycles. The van der Waals surface area contributed by atoms with E-state index in [1.807, 2.05) is 6.07 Å². The molecule has 5 rings (SSSR count). The van der Waals surface area contributed by atoms with E-state index in [1.54, 1.807) is 6.07 Å². The Bertz CT molecular complexity index is 1880. The highest BCUT2D eigenvalue weighted by atomic mass is 31.2. The predicted octanol–water partition coefficient (Wildman–Crippen LogP) is 11.4. The lowest BCUT2D eigenvalue weighted by atomic mass is 9.84. The van der Waals surface area contributed by atoms with Crippen LogP contribution in [0.5, 0.6) is 0 Å². The Morgan fingerprint density at radius 3 is 1.33 bits per heavy atom. The molecule has 0 aliphatic carbocycles. The van der Waals surface area contributed by atoms with Crippen LogP contribution in [0.2, 0.25) is 0 Å². The molecule has 0 aliphatic rings. The molecular formula is C44H56O3P+. The minimum atomic E-state index is -4.37. The van der Waals surface area contributed by atoms with E-state index >= 15 is 0 Å². The zero-order valence-corrected chi connectivity index (χ0v) is 31.0. The van der Waals surface area contributed by atoms with E-state index in [9.17, 15) is 14.7 Å². The van der Waals surface area contributed by atoms with Gasteiger partial charge < -0.3 is 0 Å². The Morgan fingerprint density at radius 2 is 0.875 bits per heavy atom. The lowest BCUT2D eigenvalue weighted by Gasteiger charge is -2.22. The molecule has 0 spiro atoms. The van der Waals surface area contributed by atoms with E-state index in [2.05, 4.69) is 96.1 Å². The first kappa shape index (κ1) is 36.2. The third kappa shape index (κ3) is 7.71. The van der Waals surface area contributed by atoms with E-state index in [0.717, 1.165) is 99.3 Å². The highest BCUT2D eigenvalue weighted by Gasteiger charge is 2.39. The molecule has 3 nitrogen and oxygen atoms in total. The van der Waals surface area contributed by atoms with E-state index in [1.165, 1.54) is 54.9 Å². The quantitative estimate of drug-likeness (QED) is 0.0977. The van der Waals surface area contributed by atoms with Crippen molar-refractivity contribution in [2.24, 2.45) is 0 Å². The maximum Gasteiger partial charge on any atom is 0.441 e. The minimum Gasteiger partial charge on any atom is -0.189 e. The first-order chi connectivity index (χ1) is 23.2. The van der Waals surface area contributed by atoms with Crippen LogP contribution in [-0.2, 0) is 38.5 Å². The highest BCUT2D eigenvalue weighted by molar-refractivity contribution is 7.67. The molecular weight excluding hydrogens is 607 g/mol. The SMILES string of the molecule is CCCc1cc(CCC)c2cc(-c3cccc([P+](O)(O)O)c3-c3cc4c(CCC)cc(CCC)cc4cc3CCC)c(CCC)cc2c1. The third-order valence-electron chi connectivity index (χ3n) is 9.72. The van der Waals surface area contributed by atoms with Crippen LogP contribution in [0, 0.1) is 0 Å². The van der Waals surface area contributed by atoms with Crippen molar-refractivity contribution in [3.05, 3.63) is 100 Å². The second-order valence-electron chi connectivity index (χ2n) is 13.7. The summed E-state index contributed by atoms with van der Waals surface area (Å²) < 4.78 is 0. The molecule has 5 aromatic rings. The van der Waals surface area contributed by atoms with Gasteiger partial charge in [-0.2, -0.15) is 14.7 Å². The lowest BCUT2D eigenvalue weighted by Crippen LogP contribution is -2.15. The first-order valence-electron chi connectivity index (χ1n) is 18.6. The van der Waals surface area contributed by atoms with Gasteiger partial charge in [0.1, 0.15) is 0 Å². The van der Waals surface area contributed by atoms with Crippen LogP contribution in [0.15, 0.2) is 66.7 Å². The van der Waals surface area contributed by atoms with E-state index in [-0.39, 0.29) is 5.30 Å². The fourth-order valence-electron chi connectivity index (χ4n) is 7.76. The highest BCUT2D eigenvalue weighted by Crippen LogP contribution is 2.50. The molecule has 0 saturated carbocycles. The fraction of sp³-hybridized carbons (Fsp3) is 0.409. The van der Waals surface area contributed by atoms with Gasteiger partial charge in [0.2, 0.25) is 0 Å². The molecule has 254 valence electrons. The summed E-state index contributed by atoms with van der Waals surface area (Å²) in [5.74, 6) is 0. The van der Waals surface area contributed by atoms with Gasteiger partial charge in [0.25, 0.3) is 0 Å². The van der Waals surface area contributed by atoms with Crippen molar-refractivity contribution in [3.8, 4) is 22.3 Å². The Kier molecular flexibility index (Phi) is 12.1. The maximum absolute atomic E-state index is 11.0. The van der Waals surface area contributed by atoms with Gasteiger partial charge in [-0.25, -0.2) is 0 Å². The van der Waals surface area contributed by atoms with E-state index in [0.29, 0.717) is 0 Å². The molecule has 0 atom stereocenters. The Hall–Kier alpha value is -3.07. The van der Waals surface area contributed by atoms with Crippen molar-refractivity contribution in [3.63, 3.8) is 0 Å². The average Bonchev–Trinajstić information content (AvgIpc) is 3.04. The summed E-state index contributed by atoms with van der Waals surface area (Å²) in [6.07, 6.45) is 12.2. The van der Waals surface area contributed by atoms with Crippen molar-refractivity contribution in [2.45, 2.75) is 119 Å². The topological polar surface area (TPSA) is 60.7 Å². The van der Waals surface area contributed by atoms with Crippen LogP contribution >= 0.6 is 7.94 Å². The molecule has 0 aromatic heterocycles. The summed E-state index contributed by atoms with van der Waals surface area (Å²) >= 11 is 0. The molecule has 0 fully saturated rings. The van der Waals surface area contributed by atoms with E-state index in [4.69, 9.17) is 0 Å². The molecule has 0 radical (unpaired) electrons. The zero-order chi connectivity index (χ0) is 34.4. The van der Waals surface area contributed by atoms with Crippen LogP contribution in [0.1, 0.15) is 113 Å². The molecule has 0 bridgehead atoms. The number of hydrogen-bond acceptors (Lipinski definition) is 3. The van der Waals surface area contributed by atoms with Gasteiger partial charge in [-0.05, 0) is 128 Å². The summed E-state index contributed by atoms with van der Waals surface area (Å²) in [6, 6.07) is 24.6. The van der Waals surface area contributed by atoms with Crippen molar-refractivity contribution in [1.82, 2.24) is 0 Å². The van der Waals surface area contributed by atoms with E-state index < -0.39 is 7.94 Å². The minimum absolute atomic E-state index is 0.228. The monoisotopic (exact) mass is 663 g/mol. The van der Waals surface area contributed by atoms with Gasteiger partial charge in [0.05, 0.1) is 0 Å². The van der Waals surface area contributed by atoms with Crippen molar-refractivity contribution in [2.75, 3.05) is 0 Å². The smallest absolute Gasteiger partial charge is 0.189 e. The molecule has 3 N–H and O–H groups in total. The Labute approximate surface area is 289 Å². The standard InChI is InChI=1S/C44H56O3P/c1-7-14-30-22-32(16-9-3)39-28-41(34(18-11-5)26-36(39)24-30)38-20-13-21-43(48(45,46)47)44(38)42-29-40-33(17-10-4)23-31(15-8-2)25-37(40)27-35(42)19-12-6/h13,20-29,45-47H,7-12,14-19H2,1-6H3/q+1. The molecule has 0 aliphatic heterocycles. The van der Waals surface area contributed by atoms with Gasteiger partial charge in [0.15, 0.2) is 5.30 Å². The average molecular weight is 664 g/mol. The first-order valence-corrected chi connectivity index (χ1v) is 20.2. The predicted molar refractivity (Wildman–Crippen MR) is 210 cm³/mol. The molecule has 5 aromatic carbocycles. The van der Waals surface area contributed by atoms with Crippen molar-refractivity contribution < 1.29 is 14.7 Å². The molecule has 0 unspecified atom stereocenters. The maximum atomic E-state index is 11.0. The van der Waals surface area contributed by atoms with Gasteiger partial charge in [-0.1, -0.05) is 129 Å². The lowest BCUT2D eigenvalue weighted by molar-refractivity contribution is 0.347. The molecule has 4 heteroatoms. The third-order valence-corrected chi connectivity index (χ3v) is 10.7. The van der Waals surface area contributed by atoms with Crippen LogP contribution in [0.3, 0.4) is 0 Å². The fourth-order valence-corrected chi connectivity index (χ4v) is 8.59. The number of aryl methyl sites for hydroxylation is 6. The summed E-state index contributed by atoms with van der Waals surface area (Å²) in [5.41, 5.74) is 11.7. The molecule has 0 heterocycles. The van der Waals surface area contributed by atoms with Crippen LogP contribution in [0.25, 0.3) is 43.8 Å². The summed E-state index contributed by atoms with van der Waals surface area (Å²) in [6.45, 7) is 13.4. The van der Waals surface area contributed by atoms with Gasteiger partial charge in [0, 0.05) is 5.56 Å². The van der Waals surface area contributed by atoms with Crippen LogP contribution in [0.4, 0.5) is 0 Å². The van der Waals surface area contributed by atoms with Crippen molar-refractivity contribution in [1.29, 1.82) is 0 Å². The normalized spacial score (nSPS) is 12.0. The van der Waals surface area contributed by atoms with Crippen LogP contribution in [-0.4, -0.2) is 14.7 Å². The summed E-state index contributed by atoms with van der Waals surface area (Å²) in [7, 11) is -4.37. The number of benzene rings is 5. The Morgan fingerprint density at radius 1 is 0.438 bits per heavy atom. The molecule has 48 heavy (non-hydrogen) atoms. The summed E-state index contributed by atoms with van der Waals surface area (Å²) in [5, 5.41) is 5.24. The van der Waals surface area contributed by atoms with Gasteiger partial charge in [-0.3, -0.25) is 0 Å². The number of rotatable bonds is 15. The largest absolute Gasteiger partial charge is 0.441 e. The molecule has 0 amide bonds. The zero-order valence-electron chi connectivity index (χ0n) is 30.1. The second-order valence-corrected chi connectivity index (χ2v) is 15.4. The number of hydrogen-bond donors (Lipinski definition) is 3. The van der Waals surface area contributed by atoms with Gasteiger partial charge in [-0.15, -0.1) is 0 Å². The second kappa shape index (κ2) is 16.1. The summed E-state index contributed by atoms with van der Waals surface area (Å²) in [4.78, 5) is 33.1. The van der Waals surface area contributed by atoms with Gasteiger partial charge >= 0.3 is 7.94 Å². The number of fused-ring (bicyclic) bond motifs is 2. The Balaban J connectivity index is 1.90. The van der Waals surface area contributed by atoms with Crippen LogP contribution < -0.4 is 5.30 Å². The van der Waals surface area contributed by atoms with Crippen molar-refractivity contribution >= 4 is 34.8 Å².